The maximum atomic E-state index is 4.47. The van der Waals surface area contributed by atoms with E-state index in [4.69, 9.17) is 0 Å². The predicted molar refractivity (Wildman–Crippen MR) is 72.7 cm³/mol. The number of aromatic nitrogens is 2. The van der Waals surface area contributed by atoms with Crippen molar-refractivity contribution in [2.75, 3.05) is 0 Å². The fourth-order valence-corrected chi connectivity index (χ4v) is 1.94. The topological polar surface area (TPSA) is 17.8 Å². The summed E-state index contributed by atoms with van der Waals surface area (Å²) in [5.74, 6) is 0.985. The van der Waals surface area contributed by atoms with Crippen molar-refractivity contribution in [1.82, 2.24) is 9.55 Å². The molecule has 2 nitrogen and oxygen atoms in total. The Morgan fingerprint density at radius 3 is 2.47 bits per heavy atom. The molecule has 0 aliphatic heterocycles. The monoisotopic (exact) mass is 224 g/mol. The molecule has 2 heteroatoms. The van der Waals surface area contributed by atoms with Crippen LogP contribution in [0.4, 0.5) is 0 Å². The van der Waals surface area contributed by atoms with Gasteiger partial charge in [0.2, 0.25) is 0 Å². The van der Waals surface area contributed by atoms with Gasteiger partial charge in [0.1, 0.15) is 5.82 Å². The van der Waals surface area contributed by atoms with E-state index in [-0.39, 0.29) is 0 Å². The van der Waals surface area contributed by atoms with Crippen molar-refractivity contribution >= 4 is 12.2 Å². The van der Waals surface area contributed by atoms with Crippen LogP contribution in [0.5, 0.6) is 0 Å². The Morgan fingerprint density at radius 2 is 1.88 bits per heavy atom. The minimum absolute atomic E-state index is 0.814. The number of imidazole rings is 1. The lowest BCUT2D eigenvalue weighted by Crippen LogP contribution is -2.04. The van der Waals surface area contributed by atoms with E-state index in [1.165, 1.54) is 5.56 Å². The van der Waals surface area contributed by atoms with Crippen LogP contribution in [0.15, 0.2) is 43.5 Å². The lowest BCUT2D eigenvalue weighted by atomic mass is 10.2. The summed E-state index contributed by atoms with van der Waals surface area (Å²) in [7, 11) is 0. The number of rotatable bonds is 4. The van der Waals surface area contributed by atoms with E-state index < -0.39 is 0 Å². The molecule has 0 fully saturated rings. The smallest absolute Gasteiger partial charge is 0.107 e. The third-order valence-electron chi connectivity index (χ3n) is 2.80. The molecule has 0 amide bonds. The van der Waals surface area contributed by atoms with Crippen molar-refractivity contribution in [3.63, 3.8) is 0 Å². The zero-order valence-electron chi connectivity index (χ0n) is 10.1. The molecule has 2 rings (SSSR count). The summed E-state index contributed by atoms with van der Waals surface area (Å²) >= 11 is 0. The van der Waals surface area contributed by atoms with E-state index in [0.29, 0.717) is 0 Å². The van der Waals surface area contributed by atoms with Gasteiger partial charge in [-0.1, -0.05) is 43.5 Å². The molecule has 0 saturated carbocycles. The van der Waals surface area contributed by atoms with Gasteiger partial charge < -0.3 is 4.57 Å². The highest BCUT2D eigenvalue weighted by atomic mass is 15.1. The maximum Gasteiger partial charge on any atom is 0.107 e. The van der Waals surface area contributed by atoms with Crippen LogP contribution >= 0.6 is 0 Å². The molecule has 0 saturated heterocycles. The van der Waals surface area contributed by atoms with E-state index in [1.54, 1.807) is 6.08 Å². The number of hydrogen-bond donors (Lipinski definition) is 0. The van der Waals surface area contributed by atoms with E-state index in [1.807, 2.05) is 31.2 Å². The Kier molecular flexibility index (Phi) is 3.24. The molecule has 0 radical (unpaired) electrons. The van der Waals surface area contributed by atoms with Gasteiger partial charge in [0.05, 0.1) is 11.4 Å². The lowest BCUT2D eigenvalue weighted by Gasteiger charge is -2.08. The van der Waals surface area contributed by atoms with Crippen LogP contribution in [0.2, 0.25) is 0 Å². The zero-order valence-corrected chi connectivity index (χ0v) is 10.1. The number of benzene rings is 1. The molecule has 0 N–H and O–H groups in total. The molecule has 0 spiro atoms. The first-order valence-corrected chi connectivity index (χ1v) is 5.62. The predicted octanol–water partition coefficient (Wildman–Crippen LogP) is 3.53. The van der Waals surface area contributed by atoms with Crippen molar-refractivity contribution in [2.24, 2.45) is 0 Å². The van der Waals surface area contributed by atoms with Gasteiger partial charge in [-0.25, -0.2) is 4.98 Å². The third-order valence-corrected chi connectivity index (χ3v) is 2.80. The fourth-order valence-electron chi connectivity index (χ4n) is 1.94. The van der Waals surface area contributed by atoms with E-state index in [0.717, 1.165) is 23.8 Å². The Morgan fingerprint density at radius 1 is 1.18 bits per heavy atom. The molecule has 2 aromatic rings. The summed E-state index contributed by atoms with van der Waals surface area (Å²) in [5, 5.41) is 0. The normalized spacial score (nSPS) is 10.2. The van der Waals surface area contributed by atoms with Gasteiger partial charge in [-0.15, -0.1) is 0 Å². The number of nitrogens with zero attached hydrogens (tertiary/aromatic N) is 2. The van der Waals surface area contributed by atoms with E-state index in [2.05, 4.69) is 34.8 Å². The molecule has 0 bridgehead atoms. The lowest BCUT2D eigenvalue weighted by molar-refractivity contribution is 0.755. The number of hydrogen-bond acceptors (Lipinski definition) is 1. The molecular weight excluding hydrogens is 208 g/mol. The summed E-state index contributed by atoms with van der Waals surface area (Å²) in [6.07, 6.45) is 3.60. The SMILES string of the molecule is C=Cc1nc(C)n(Cc2ccccc2)c1C=C. The molecule has 1 heterocycles. The number of aryl methyl sites for hydroxylation is 1. The van der Waals surface area contributed by atoms with Crippen LogP contribution in [0.1, 0.15) is 22.8 Å². The van der Waals surface area contributed by atoms with Gasteiger partial charge in [0.25, 0.3) is 0 Å². The summed E-state index contributed by atoms with van der Waals surface area (Å²) in [6.45, 7) is 10.4. The first kappa shape index (κ1) is 11.4. The zero-order chi connectivity index (χ0) is 12.3. The quantitative estimate of drug-likeness (QED) is 0.777. The minimum Gasteiger partial charge on any atom is -0.324 e. The second-order valence-corrected chi connectivity index (χ2v) is 3.91. The molecule has 17 heavy (non-hydrogen) atoms. The van der Waals surface area contributed by atoms with Gasteiger partial charge >= 0.3 is 0 Å². The first-order valence-electron chi connectivity index (χ1n) is 5.62. The first-order chi connectivity index (χ1) is 8.26. The van der Waals surface area contributed by atoms with Gasteiger partial charge in [0.15, 0.2) is 0 Å². The van der Waals surface area contributed by atoms with Gasteiger partial charge in [-0.3, -0.25) is 0 Å². The summed E-state index contributed by atoms with van der Waals surface area (Å²) < 4.78 is 2.15. The summed E-state index contributed by atoms with van der Waals surface area (Å²) in [4.78, 5) is 4.47. The standard InChI is InChI=1S/C15H16N2/c1-4-14-15(5-2)17(12(3)16-14)11-13-9-7-6-8-10-13/h4-10H,1-2,11H2,3H3. The molecule has 0 aliphatic rings. The average Bonchev–Trinajstić information content (AvgIpc) is 2.67. The highest BCUT2D eigenvalue weighted by Gasteiger charge is 2.09. The fraction of sp³-hybridized carbons (Fsp3) is 0.133. The average molecular weight is 224 g/mol. The molecule has 0 unspecified atom stereocenters. The molecule has 0 atom stereocenters. The Hall–Kier alpha value is -2.09. The Labute approximate surface area is 102 Å². The van der Waals surface area contributed by atoms with Crippen LogP contribution in [-0.4, -0.2) is 9.55 Å². The van der Waals surface area contributed by atoms with Crippen LogP contribution in [0, 0.1) is 6.92 Å². The highest BCUT2D eigenvalue weighted by molar-refractivity contribution is 5.58. The molecule has 86 valence electrons. The Balaban J connectivity index is 2.42. The van der Waals surface area contributed by atoms with Crippen molar-refractivity contribution in [2.45, 2.75) is 13.5 Å². The third kappa shape index (κ3) is 2.21. The van der Waals surface area contributed by atoms with E-state index in [9.17, 15) is 0 Å². The second kappa shape index (κ2) is 4.83. The van der Waals surface area contributed by atoms with Crippen molar-refractivity contribution < 1.29 is 0 Å². The summed E-state index contributed by atoms with van der Waals surface area (Å²) in [5.41, 5.74) is 3.18. The van der Waals surface area contributed by atoms with Crippen molar-refractivity contribution in [3.05, 3.63) is 66.3 Å². The minimum atomic E-state index is 0.814. The molecule has 1 aromatic carbocycles. The molecule has 0 aliphatic carbocycles. The van der Waals surface area contributed by atoms with Gasteiger partial charge in [0, 0.05) is 6.54 Å². The van der Waals surface area contributed by atoms with Gasteiger partial charge in [-0.2, -0.15) is 0 Å². The summed E-state index contributed by atoms with van der Waals surface area (Å²) in [6, 6.07) is 10.3. The van der Waals surface area contributed by atoms with Crippen molar-refractivity contribution in [3.8, 4) is 0 Å². The molecular formula is C15H16N2. The van der Waals surface area contributed by atoms with Gasteiger partial charge in [-0.05, 0) is 24.6 Å². The largest absolute Gasteiger partial charge is 0.324 e. The van der Waals surface area contributed by atoms with Crippen LogP contribution in [0.3, 0.4) is 0 Å². The Bertz CT molecular complexity index is 536. The highest BCUT2D eigenvalue weighted by Crippen LogP contribution is 2.16. The van der Waals surface area contributed by atoms with Crippen LogP contribution in [-0.2, 0) is 6.54 Å². The maximum absolute atomic E-state index is 4.47. The van der Waals surface area contributed by atoms with E-state index >= 15 is 0 Å². The molecule has 1 aromatic heterocycles. The second-order valence-electron chi connectivity index (χ2n) is 3.91. The van der Waals surface area contributed by atoms with Crippen LogP contribution in [0.25, 0.3) is 12.2 Å². The van der Waals surface area contributed by atoms with Crippen LogP contribution < -0.4 is 0 Å². The van der Waals surface area contributed by atoms with Crippen molar-refractivity contribution in [1.29, 1.82) is 0 Å².